The first-order chi connectivity index (χ1) is 13.1. The lowest BCUT2D eigenvalue weighted by Crippen LogP contribution is -2.31. The van der Waals surface area contributed by atoms with E-state index in [1.807, 2.05) is 60.9 Å². The van der Waals surface area contributed by atoms with Gasteiger partial charge in [-0.15, -0.1) is 11.8 Å². The van der Waals surface area contributed by atoms with Crippen molar-refractivity contribution in [2.24, 2.45) is 0 Å². The molecule has 0 aliphatic heterocycles. The zero-order chi connectivity index (χ0) is 19.1. The highest BCUT2D eigenvalue weighted by molar-refractivity contribution is 7.98. The molecular weight excluding hydrogens is 376 g/mol. The summed E-state index contributed by atoms with van der Waals surface area (Å²) in [7, 11) is -3.57. The van der Waals surface area contributed by atoms with Crippen molar-refractivity contribution in [2.45, 2.75) is 15.8 Å². The van der Waals surface area contributed by atoms with Crippen molar-refractivity contribution in [3.8, 4) is 0 Å². The molecule has 4 nitrogen and oxygen atoms in total. The Hall–Kier alpha value is -2.28. The number of para-hydroxylation sites is 1. The fourth-order valence-electron chi connectivity index (χ4n) is 2.77. The summed E-state index contributed by atoms with van der Waals surface area (Å²) in [6.45, 7) is 0.240. The van der Waals surface area contributed by atoms with Crippen LogP contribution in [0.1, 0.15) is 11.6 Å². The van der Waals surface area contributed by atoms with Gasteiger partial charge in [0.05, 0.1) is 10.9 Å². The second-order valence-corrected chi connectivity index (χ2v) is 8.59. The Balaban J connectivity index is 1.83. The zero-order valence-corrected chi connectivity index (χ0v) is 16.6. The molecule has 3 rings (SSSR count). The first kappa shape index (κ1) is 19.5. The van der Waals surface area contributed by atoms with Gasteiger partial charge in [-0.2, -0.15) is 0 Å². The summed E-state index contributed by atoms with van der Waals surface area (Å²) in [6, 6.07) is 26.1. The molecule has 0 bridgehead atoms. The fraction of sp³-hybridized carbons (Fsp3) is 0.143. The van der Waals surface area contributed by atoms with Crippen LogP contribution in [0, 0.1) is 0 Å². The topological polar surface area (TPSA) is 58.2 Å². The molecule has 27 heavy (non-hydrogen) atoms. The summed E-state index contributed by atoms with van der Waals surface area (Å²) in [5, 5.41) is 3.49. The molecule has 1 atom stereocenters. The van der Waals surface area contributed by atoms with Gasteiger partial charge in [0.15, 0.2) is 0 Å². The third-order valence-electron chi connectivity index (χ3n) is 4.17. The highest BCUT2D eigenvalue weighted by Gasteiger charge is 2.18. The Morgan fingerprint density at radius 1 is 0.852 bits per heavy atom. The van der Waals surface area contributed by atoms with Crippen molar-refractivity contribution in [1.82, 2.24) is 4.72 Å². The molecular formula is C21H22N2O2S2. The second-order valence-electron chi connectivity index (χ2n) is 5.97. The van der Waals surface area contributed by atoms with Gasteiger partial charge in [-0.3, -0.25) is 0 Å². The molecule has 6 heteroatoms. The van der Waals surface area contributed by atoms with Crippen LogP contribution in [-0.2, 0) is 10.0 Å². The Labute approximate surface area is 165 Å². The van der Waals surface area contributed by atoms with Crippen LogP contribution in [0.5, 0.6) is 0 Å². The number of hydrogen-bond donors (Lipinski definition) is 2. The standard InChI is InChI=1S/C21H22N2O2S2/c1-26-21-15-9-8-14-19(21)23-20(17-10-4-2-5-11-17)16-22-27(24,25)18-12-6-3-7-13-18/h2-15,20,22-23H,16H2,1H3/t20-/m0/s1. The molecule has 0 saturated carbocycles. The number of sulfonamides is 1. The molecule has 0 fully saturated rings. The van der Waals surface area contributed by atoms with Gasteiger partial charge in [-0.1, -0.05) is 60.7 Å². The summed E-state index contributed by atoms with van der Waals surface area (Å²) in [5.41, 5.74) is 2.00. The molecule has 0 aliphatic rings. The molecule has 0 saturated heterocycles. The van der Waals surface area contributed by atoms with E-state index in [4.69, 9.17) is 0 Å². The van der Waals surface area contributed by atoms with E-state index in [0.29, 0.717) is 0 Å². The third kappa shape index (κ3) is 5.13. The Morgan fingerprint density at radius 3 is 2.11 bits per heavy atom. The van der Waals surface area contributed by atoms with Gasteiger partial charge < -0.3 is 5.32 Å². The SMILES string of the molecule is CSc1ccccc1N[C@@H](CNS(=O)(=O)c1ccccc1)c1ccccc1. The summed E-state index contributed by atoms with van der Waals surface area (Å²) < 4.78 is 27.9. The lowest BCUT2D eigenvalue weighted by molar-refractivity contribution is 0.576. The number of anilines is 1. The predicted octanol–water partition coefficient (Wildman–Crippen LogP) is 4.54. The molecule has 3 aromatic carbocycles. The average Bonchev–Trinajstić information content (AvgIpc) is 2.72. The minimum absolute atomic E-state index is 0.196. The molecule has 0 aliphatic carbocycles. The monoisotopic (exact) mass is 398 g/mol. The second kappa shape index (κ2) is 9.08. The zero-order valence-electron chi connectivity index (χ0n) is 15.0. The van der Waals surface area contributed by atoms with E-state index in [9.17, 15) is 8.42 Å². The van der Waals surface area contributed by atoms with Gasteiger partial charge in [0.2, 0.25) is 10.0 Å². The van der Waals surface area contributed by atoms with E-state index in [1.54, 1.807) is 42.1 Å². The van der Waals surface area contributed by atoms with Crippen molar-refractivity contribution in [1.29, 1.82) is 0 Å². The third-order valence-corrected chi connectivity index (χ3v) is 6.40. The highest BCUT2D eigenvalue weighted by Crippen LogP contribution is 2.28. The average molecular weight is 399 g/mol. The number of thioether (sulfide) groups is 1. The number of hydrogen-bond acceptors (Lipinski definition) is 4. The highest BCUT2D eigenvalue weighted by atomic mass is 32.2. The minimum Gasteiger partial charge on any atom is -0.376 e. The van der Waals surface area contributed by atoms with Gasteiger partial charge in [0.1, 0.15) is 0 Å². The van der Waals surface area contributed by atoms with E-state index >= 15 is 0 Å². The molecule has 0 unspecified atom stereocenters. The van der Waals surface area contributed by atoms with E-state index in [-0.39, 0.29) is 17.5 Å². The van der Waals surface area contributed by atoms with Crippen LogP contribution in [0.25, 0.3) is 0 Å². The van der Waals surface area contributed by atoms with Gasteiger partial charge in [-0.05, 0) is 36.1 Å². The van der Waals surface area contributed by atoms with E-state index in [1.165, 1.54) is 0 Å². The summed E-state index contributed by atoms with van der Waals surface area (Å²) in [4.78, 5) is 1.38. The van der Waals surface area contributed by atoms with Gasteiger partial charge in [0.25, 0.3) is 0 Å². The summed E-state index contributed by atoms with van der Waals surface area (Å²) in [6.07, 6.45) is 2.02. The van der Waals surface area contributed by atoms with Crippen LogP contribution < -0.4 is 10.0 Å². The first-order valence-electron chi connectivity index (χ1n) is 8.59. The van der Waals surface area contributed by atoms with Crippen molar-refractivity contribution in [3.05, 3.63) is 90.5 Å². The predicted molar refractivity (Wildman–Crippen MR) is 113 cm³/mol. The maximum atomic E-state index is 12.6. The van der Waals surface area contributed by atoms with Gasteiger partial charge in [-0.25, -0.2) is 13.1 Å². The first-order valence-corrected chi connectivity index (χ1v) is 11.3. The molecule has 2 N–H and O–H groups in total. The Kier molecular flexibility index (Phi) is 6.55. The van der Waals surface area contributed by atoms with Crippen LogP contribution in [-0.4, -0.2) is 21.2 Å². The molecule has 3 aromatic rings. The number of nitrogens with one attached hydrogen (secondary N) is 2. The van der Waals surface area contributed by atoms with Crippen LogP contribution in [0.3, 0.4) is 0 Å². The van der Waals surface area contributed by atoms with Crippen molar-refractivity contribution < 1.29 is 8.42 Å². The van der Waals surface area contributed by atoms with Gasteiger partial charge >= 0.3 is 0 Å². The minimum atomic E-state index is -3.57. The van der Waals surface area contributed by atoms with Crippen molar-refractivity contribution >= 4 is 27.5 Å². The smallest absolute Gasteiger partial charge is 0.240 e. The normalized spacial score (nSPS) is 12.5. The van der Waals surface area contributed by atoms with Gasteiger partial charge in [0, 0.05) is 17.1 Å². The van der Waals surface area contributed by atoms with Crippen LogP contribution in [0.15, 0.2) is 94.7 Å². The molecule has 0 aromatic heterocycles. The van der Waals surface area contributed by atoms with E-state index in [0.717, 1.165) is 16.1 Å². The van der Waals surface area contributed by atoms with Crippen molar-refractivity contribution in [2.75, 3.05) is 18.1 Å². The lowest BCUT2D eigenvalue weighted by atomic mass is 10.1. The fourth-order valence-corrected chi connectivity index (χ4v) is 4.39. The van der Waals surface area contributed by atoms with Crippen LogP contribution in [0.2, 0.25) is 0 Å². The quantitative estimate of drug-likeness (QED) is 0.547. The summed E-state index contributed by atoms with van der Waals surface area (Å²) in [5.74, 6) is 0. The van der Waals surface area contributed by atoms with E-state index in [2.05, 4.69) is 10.0 Å². The molecule has 0 spiro atoms. The van der Waals surface area contributed by atoms with E-state index < -0.39 is 10.0 Å². The molecule has 0 heterocycles. The Bertz CT molecular complexity index is 962. The van der Waals surface area contributed by atoms with Crippen LogP contribution in [0.4, 0.5) is 5.69 Å². The summed E-state index contributed by atoms with van der Waals surface area (Å²) >= 11 is 1.65. The Morgan fingerprint density at radius 2 is 1.44 bits per heavy atom. The lowest BCUT2D eigenvalue weighted by Gasteiger charge is -2.22. The number of rotatable bonds is 8. The molecule has 0 radical (unpaired) electrons. The van der Waals surface area contributed by atoms with Crippen LogP contribution >= 0.6 is 11.8 Å². The number of benzene rings is 3. The maximum absolute atomic E-state index is 12.6. The molecule has 140 valence electrons. The maximum Gasteiger partial charge on any atom is 0.240 e. The molecule has 0 amide bonds. The van der Waals surface area contributed by atoms with Crippen molar-refractivity contribution in [3.63, 3.8) is 0 Å². The largest absolute Gasteiger partial charge is 0.376 e.